The Bertz CT molecular complexity index is 163. The number of hydrogen-bond acceptors (Lipinski definition) is 0. The van der Waals surface area contributed by atoms with Crippen LogP contribution in [0.25, 0.3) is 0 Å². The molecule has 0 aliphatic carbocycles. The van der Waals surface area contributed by atoms with Crippen LogP contribution in [0.15, 0.2) is 0 Å². The molecular formula is C2H4Cl6Si3. The van der Waals surface area contributed by atoms with Crippen molar-refractivity contribution in [3.8, 4) is 0 Å². The minimum atomic E-state index is -2.81. The molecule has 9 heteroatoms. The van der Waals surface area contributed by atoms with Crippen LogP contribution in [-0.4, -0.2) is 18.2 Å². The van der Waals surface area contributed by atoms with Crippen LogP contribution in [0.2, 0.25) is 12.1 Å². The third-order valence-corrected chi connectivity index (χ3v) is 55.0. The van der Waals surface area contributed by atoms with Gasteiger partial charge in [-0.05, 0) is 12.1 Å². The zero-order valence-electron chi connectivity index (χ0n) is 5.18. The third kappa shape index (κ3) is 1.78. The number of rotatable bonds is 1. The van der Waals surface area contributed by atoms with Gasteiger partial charge in [-0.2, -0.15) is 11.1 Å². The van der Waals surface area contributed by atoms with E-state index in [2.05, 4.69) is 0 Å². The van der Waals surface area contributed by atoms with E-state index in [4.69, 9.17) is 66.5 Å². The van der Waals surface area contributed by atoms with Gasteiger partial charge < -0.3 is 0 Å². The molecule has 11 heavy (non-hydrogen) atoms. The molecule has 0 radical (unpaired) electrons. The molecule has 1 rings (SSSR count). The van der Waals surface area contributed by atoms with Gasteiger partial charge >= 0.3 is 5.52 Å². The highest BCUT2D eigenvalue weighted by Gasteiger charge is 2.73. The highest BCUT2D eigenvalue weighted by Crippen LogP contribution is 2.56. The molecule has 1 aliphatic heterocycles. The Morgan fingerprint density at radius 2 is 1.36 bits per heavy atom. The largest absolute Gasteiger partial charge is 0.342 e. The molecule has 1 atom stereocenters. The summed E-state index contributed by atoms with van der Waals surface area (Å²) in [7, 11) is 0. The van der Waals surface area contributed by atoms with Gasteiger partial charge in [-0.15, -0.1) is 55.4 Å². The van der Waals surface area contributed by atoms with Crippen molar-refractivity contribution in [3.63, 3.8) is 0 Å². The van der Waals surface area contributed by atoms with Crippen LogP contribution in [0.3, 0.4) is 0 Å². The molecule has 0 aromatic heterocycles. The summed E-state index contributed by atoms with van der Waals surface area (Å²) in [6.07, 6.45) is -4.67. The average Bonchev–Trinajstić information content (AvgIpc) is 1.81. The fourth-order valence-corrected chi connectivity index (χ4v) is 50.1. The van der Waals surface area contributed by atoms with Crippen LogP contribution >= 0.6 is 66.5 Å². The van der Waals surface area contributed by atoms with Gasteiger partial charge in [0.1, 0.15) is 0 Å². The Morgan fingerprint density at radius 1 is 0.909 bits per heavy atom. The molecule has 0 aromatic rings. The molecule has 0 saturated carbocycles. The first kappa shape index (κ1) is 11.5. The van der Waals surface area contributed by atoms with Gasteiger partial charge in [0.25, 0.3) is 6.21 Å². The van der Waals surface area contributed by atoms with Crippen molar-refractivity contribution in [2.75, 3.05) is 0 Å². The minimum absolute atomic E-state index is 0.774. The molecule has 1 aliphatic rings. The summed E-state index contributed by atoms with van der Waals surface area (Å²) in [5.41, 5.74) is -2.81. The number of halogens is 6. The SMILES string of the molecule is Cl[Si](Cl)(Cl)[Si]1(Cl)CC[Si]1(Cl)Cl. The van der Waals surface area contributed by atoms with Crippen molar-refractivity contribution >= 4 is 84.6 Å². The van der Waals surface area contributed by atoms with Crippen molar-refractivity contribution in [1.82, 2.24) is 0 Å². The lowest BCUT2D eigenvalue weighted by molar-refractivity contribution is 1.35. The Morgan fingerprint density at radius 3 is 1.36 bits per heavy atom. The quantitative estimate of drug-likeness (QED) is 0.506. The van der Waals surface area contributed by atoms with E-state index in [1.54, 1.807) is 0 Å². The second kappa shape index (κ2) is 3.21. The van der Waals surface area contributed by atoms with Crippen molar-refractivity contribution in [3.05, 3.63) is 0 Å². The first-order valence-corrected chi connectivity index (χ1v) is 17.3. The van der Waals surface area contributed by atoms with Crippen LogP contribution in [0.1, 0.15) is 0 Å². The molecule has 1 unspecified atom stereocenters. The maximum absolute atomic E-state index is 6.18. The molecule has 1 heterocycles. The summed E-state index contributed by atoms with van der Waals surface area (Å²) < 4.78 is 0. The Kier molecular flexibility index (Phi) is 3.34. The summed E-state index contributed by atoms with van der Waals surface area (Å²) in [5.74, 6) is 0. The fraction of sp³-hybridized carbons (Fsp3) is 1.00. The van der Waals surface area contributed by atoms with E-state index in [-0.39, 0.29) is 0 Å². The fourth-order valence-electron chi connectivity index (χ4n) is 0.883. The smallest absolute Gasteiger partial charge is 0.166 e. The van der Waals surface area contributed by atoms with Gasteiger partial charge in [0.15, 0.2) is 0 Å². The Labute approximate surface area is 95.9 Å². The van der Waals surface area contributed by atoms with Gasteiger partial charge in [-0.25, -0.2) is 0 Å². The predicted molar refractivity (Wildman–Crippen MR) is 62.0 cm³/mol. The maximum atomic E-state index is 6.18. The van der Waals surface area contributed by atoms with Gasteiger partial charge in [-0.3, -0.25) is 0 Å². The molecular weight excluding hydrogens is 321 g/mol. The van der Waals surface area contributed by atoms with Crippen LogP contribution in [0.5, 0.6) is 0 Å². The second-order valence-corrected chi connectivity index (χ2v) is 38.8. The third-order valence-electron chi connectivity index (χ3n) is 1.81. The molecule has 0 amide bonds. The van der Waals surface area contributed by atoms with Gasteiger partial charge in [-0.1, -0.05) is 0 Å². The zero-order chi connectivity index (χ0) is 8.91. The van der Waals surface area contributed by atoms with Crippen molar-refractivity contribution < 1.29 is 0 Å². The van der Waals surface area contributed by atoms with E-state index in [9.17, 15) is 0 Å². The maximum Gasteiger partial charge on any atom is 0.342 e. The standard InChI is InChI=1S/C2H4Cl6Si3/c3-9(4)1-2-10(9,5)11(6,7)8/h1-2H2. The van der Waals surface area contributed by atoms with Gasteiger partial charge in [0.05, 0.1) is 0 Å². The van der Waals surface area contributed by atoms with E-state index < -0.39 is 18.2 Å². The lowest BCUT2D eigenvalue weighted by Crippen LogP contribution is -2.71. The second-order valence-electron chi connectivity index (χ2n) is 2.50. The number of hydrogen-bond donors (Lipinski definition) is 0. The van der Waals surface area contributed by atoms with E-state index in [1.807, 2.05) is 0 Å². The van der Waals surface area contributed by atoms with E-state index >= 15 is 0 Å². The van der Waals surface area contributed by atoms with Gasteiger partial charge in [0, 0.05) is 0 Å². The molecule has 66 valence electrons. The lowest BCUT2D eigenvalue weighted by atomic mass is 10.9. The van der Waals surface area contributed by atoms with Crippen LogP contribution in [0, 0.1) is 0 Å². The van der Waals surface area contributed by atoms with Crippen molar-refractivity contribution in [2.24, 2.45) is 0 Å². The van der Waals surface area contributed by atoms with E-state index in [1.165, 1.54) is 0 Å². The van der Waals surface area contributed by atoms with Crippen LogP contribution < -0.4 is 0 Å². The molecule has 1 fully saturated rings. The molecule has 0 bridgehead atoms. The van der Waals surface area contributed by atoms with Crippen LogP contribution in [0.4, 0.5) is 0 Å². The summed E-state index contributed by atoms with van der Waals surface area (Å²) in [6.45, 7) is 0. The predicted octanol–water partition coefficient (Wildman–Crippen LogP) is 3.92. The topological polar surface area (TPSA) is 0 Å². The first-order chi connectivity index (χ1) is 4.71. The highest BCUT2D eigenvalue weighted by atomic mass is 35.9. The highest BCUT2D eigenvalue weighted by molar-refractivity contribution is 8.14. The zero-order valence-corrected chi connectivity index (χ0v) is 12.7. The van der Waals surface area contributed by atoms with E-state index in [0.29, 0.717) is 0 Å². The minimum Gasteiger partial charge on any atom is -0.166 e. The normalized spacial score (nSPS) is 36.5. The Hall–Kier alpha value is 2.39. The van der Waals surface area contributed by atoms with Gasteiger partial charge in [0.2, 0.25) is 6.42 Å². The molecule has 0 N–H and O–H groups in total. The summed E-state index contributed by atoms with van der Waals surface area (Å²) in [6, 6.07) is 1.56. The van der Waals surface area contributed by atoms with Crippen molar-refractivity contribution in [2.45, 2.75) is 12.1 Å². The molecule has 1 saturated heterocycles. The molecule has 0 aromatic carbocycles. The van der Waals surface area contributed by atoms with Crippen LogP contribution in [-0.2, 0) is 0 Å². The monoisotopic (exact) mass is 322 g/mol. The summed E-state index contributed by atoms with van der Waals surface area (Å²) in [4.78, 5) is 0. The summed E-state index contributed by atoms with van der Waals surface area (Å²) >= 11 is 35.7. The molecule has 0 nitrogen and oxygen atoms in total. The average molecular weight is 325 g/mol. The van der Waals surface area contributed by atoms with E-state index in [0.717, 1.165) is 12.1 Å². The first-order valence-electron chi connectivity index (χ1n) is 2.84. The molecule has 0 spiro atoms. The summed E-state index contributed by atoms with van der Waals surface area (Å²) in [5, 5.41) is 0. The lowest BCUT2D eigenvalue weighted by Gasteiger charge is -2.45. The Balaban J connectivity index is 2.86. The van der Waals surface area contributed by atoms with Crippen molar-refractivity contribution in [1.29, 1.82) is 0 Å².